The van der Waals surface area contributed by atoms with E-state index < -0.39 is 53.7 Å². The number of amides is 3. The molecule has 1 saturated heterocycles. The first-order chi connectivity index (χ1) is 24.0. The van der Waals surface area contributed by atoms with Crippen molar-refractivity contribution in [2.45, 2.75) is 70.0 Å². The number of thiophene rings is 1. The lowest BCUT2D eigenvalue weighted by molar-refractivity contribution is -0.193. The van der Waals surface area contributed by atoms with E-state index in [1.54, 1.807) is 30.9 Å². The van der Waals surface area contributed by atoms with Crippen molar-refractivity contribution < 1.29 is 60.5 Å². The van der Waals surface area contributed by atoms with Crippen molar-refractivity contribution in [3.63, 3.8) is 0 Å². The minimum atomic E-state index is -5.08. The molecule has 1 aromatic carbocycles. The number of nitrogens with zero attached hydrogens (tertiary/aromatic N) is 3. The molecule has 1 fully saturated rings. The molecule has 6 N–H and O–H groups in total. The van der Waals surface area contributed by atoms with Gasteiger partial charge in [-0.3, -0.25) is 14.4 Å². The van der Waals surface area contributed by atoms with E-state index in [1.165, 1.54) is 11.3 Å². The first-order valence-electron chi connectivity index (χ1n) is 15.4. The van der Waals surface area contributed by atoms with Crippen LogP contribution in [0.5, 0.6) is 0 Å². The number of rotatable bonds is 9. The maximum absolute atomic E-state index is 13.7. The highest BCUT2D eigenvalue weighted by Crippen LogP contribution is 2.26. The van der Waals surface area contributed by atoms with Gasteiger partial charge in [0.05, 0.1) is 11.9 Å². The number of aliphatic carboxylic acids is 2. The molecule has 52 heavy (non-hydrogen) atoms. The largest absolute Gasteiger partial charge is 0.490 e. The number of benzene rings is 1. The molecule has 2 aromatic heterocycles. The molecule has 3 heterocycles. The highest BCUT2D eigenvalue weighted by molar-refractivity contribution is 7.07. The van der Waals surface area contributed by atoms with E-state index in [2.05, 4.69) is 22.5 Å². The second kappa shape index (κ2) is 18.5. The Balaban J connectivity index is 0.000000564. The number of hydrogen-bond donors (Lipinski definition) is 5. The second-order valence-corrected chi connectivity index (χ2v) is 13.0. The van der Waals surface area contributed by atoms with Crippen LogP contribution in [-0.2, 0) is 30.4 Å². The van der Waals surface area contributed by atoms with E-state index in [4.69, 9.17) is 25.5 Å². The number of carbonyl (C=O) groups is 5. The summed E-state index contributed by atoms with van der Waals surface area (Å²) in [6.07, 6.45) is -4.66. The first-order valence-corrected chi connectivity index (χ1v) is 16.3. The Bertz CT molecular complexity index is 1610. The molecule has 4 rings (SSSR count). The molecule has 3 amide bonds. The molecule has 0 spiro atoms. The number of nitrogens with one attached hydrogen (secondary N) is 2. The predicted molar refractivity (Wildman–Crippen MR) is 176 cm³/mol. The van der Waals surface area contributed by atoms with Gasteiger partial charge in [0.25, 0.3) is 0 Å². The summed E-state index contributed by atoms with van der Waals surface area (Å²) in [5.41, 5.74) is 6.59. The van der Waals surface area contributed by atoms with Crippen LogP contribution in [0.2, 0.25) is 0 Å². The molecule has 3 aromatic rings. The Hall–Kier alpha value is -4.98. The summed E-state index contributed by atoms with van der Waals surface area (Å²) >= 11 is 1.52. The van der Waals surface area contributed by atoms with Gasteiger partial charge in [-0.25, -0.2) is 14.6 Å². The summed E-state index contributed by atoms with van der Waals surface area (Å²) in [7, 11) is 0. The number of piperidine rings is 1. The zero-order chi connectivity index (χ0) is 39.4. The first kappa shape index (κ1) is 43.2. The quantitative estimate of drug-likeness (QED) is 0.196. The summed E-state index contributed by atoms with van der Waals surface area (Å²) in [5.74, 6) is -5.44. The summed E-state index contributed by atoms with van der Waals surface area (Å²) < 4.78 is 65.2. The normalized spacial score (nSPS) is 14.8. The Labute approximate surface area is 297 Å². The fourth-order valence-electron chi connectivity index (χ4n) is 4.43. The summed E-state index contributed by atoms with van der Waals surface area (Å²) in [5, 5.41) is 23.7. The van der Waals surface area contributed by atoms with Crippen molar-refractivity contribution in [3.05, 3.63) is 70.8 Å². The van der Waals surface area contributed by atoms with Gasteiger partial charge in [-0.2, -0.15) is 37.7 Å². The average molecular weight is 765 g/mol. The predicted octanol–water partition coefficient (Wildman–Crippen LogP) is 4.46. The number of nitrogens with two attached hydrogens (primary N) is 1. The highest BCUT2D eigenvalue weighted by atomic mass is 32.1. The molecular formula is C32H38F6N6O7S. The van der Waals surface area contributed by atoms with Crippen LogP contribution in [0.3, 0.4) is 0 Å². The van der Waals surface area contributed by atoms with E-state index >= 15 is 0 Å². The highest BCUT2D eigenvalue weighted by Gasteiger charge is 2.39. The van der Waals surface area contributed by atoms with Gasteiger partial charge < -0.3 is 36.0 Å². The fourth-order valence-corrected chi connectivity index (χ4v) is 5.11. The Kier molecular flexibility index (Phi) is 15.4. The van der Waals surface area contributed by atoms with Crippen molar-refractivity contribution in [2.75, 3.05) is 18.4 Å². The summed E-state index contributed by atoms with van der Waals surface area (Å²) in [6, 6.07) is 10.1. The number of alkyl halides is 6. The summed E-state index contributed by atoms with van der Waals surface area (Å²) in [6.45, 7) is 6.84. The van der Waals surface area contributed by atoms with Crippen molar-refractivity contribution in [1.29, 1.82) is 0 Å². The molecule has 0 saturated carbocycles. The maximum atomic E-state index is 13.7. The molecule has 2 atom stereocenters. The number of aromatic nitrogens is 2. The van der Waals surface area contributed by atoms with Gasteiger partial charge in [0.2, 0.25) is 17.7 Å². The van der Waals surface area contributed by atoms with E-state index in [9.17, 15) is 40.7 Å². The molecule has 0 bridgehead atoms. The molecule has 1 aliphatic heterocycles. The lowest BCUT2D eigenvalue weighted by Crippen LogP contribution is -2.55. The monoisotopic (exact) mass is 764 g/mol. The second-order valence-electron chi connectivity index (χ2n) is 12.2. The number of likely N-dealkylation sites (tertiary alicyclic amines) is 1. The molecular weight excluding hydrogens is 726 g/mol. The third-order valence-corrected chi connectivity index (χ3v) is 8.04. The van der Waals surface area contributed by atoms with Crippen LogP contribution in [-0.4, -0.2) is 91.3 Å². The van der Waals surface area contributed by atoms with Gasteiger partial charge >= 0.3 is 24.3 Å². The number of carboxylic acids is 2. The van der Waals surface area contributed by atoms with Crippen LogP contribution in [0.1, 0.15) is 50.8 Å². The van der Waals surface area contributed by atoms with Gasteiger partial charge in [0, 0.05) is 25.7 Å². The van der Waals surface area contributed by atoms with Gasteiger partial charge in [0.15, 0.2) is 5.82 Å². The Morgan fingerprint density at radius 2 is 1.50 bits per heavy atom. The van der Waals surface area contributed by atoms with E-state index in [1.807, 2.05) is 52.1 Å². The molecule has 1 aliphatic rings. The molecule has 1 unspecified atom stereocenters. The van der Waals surface area contributed by atoms with Crippen LogP contribution in [0.15, 0.2) is 59.7 Å². The van der Waals surface area contributed by atoms with Gasteiger partial charge in [0.1, 0.15) is 12.1 Å². The van der Waals surface area contributed by atoms with Crippen LogP contribution >= 0.6 is 11.3 Å². The smallest absolute Gasteiger partial charge is 0.475 e. The lowest BCUT2D eigenvalue weighted by Gasteiger charge is -2.33. The lowest BCUT2D eigenvalue weighted by atomic mass is 9.97. The topological polar surface area (TPSA) is 197 Å². The van der Waals surface area contributed by atoms with Crippen molar-refractivity contribution in [1.82, 2.24) is 19.8 Å². The van der Waals surface area contributed by atoms with Crippen LogP contribution in [0, 0.1) is 5.92 Å². The number of halogens is 6. The molecule has 286 valence electrons. The third-order valence-electron chi connectivity index (χ3n) is 7.31. The third kappa shape index (κ3) is 14.0. The van der Waals surface area contributed by atoms with Crippen LogP contribution in [0.25, 0.3) is 0 Å². The van der Waals surface area contributed by atoms with Crippen molar-refractivity contribution in [2.24, 2.45) is 11.7 Å². The van der Waals surface area contributed by atoms with E-state index in [0.717, 1.165) is 37.1 Å². The van der Waals surface area contributed by atoms with Gasteiger partial charge in [-0.15, -0.1) is 0 Å². The van der Waals surface area contributed by atoms with Crippen molar-refractivity contribution in [3.8, 4) is 0 Å². The zero-order valence-corrected chi connectivity index (χ0v) is 28.9. The molecule has 0 aliphatic carbocycles. The minimum Gasteiger partial charge on any atom is -0.475 e. The van der Waals surface area contributed by atoms with Crippen molar-refractivity contribution >= 4 is 46.8 Å². The number of anilines is 1. The standard InChI is InChI=1S/C28H36N6O3S.2C2HF3O2/c1-19-9-12-33(13-10-19)26(36)24(21-7-5-4-6-8-21)34-16-23(30-18-34)32-25(35)22(15-20-11-14-38-17-20)31-27(37)28(2,3)29;2*3-2(4,5)1(6)7/h4-8,11,14,16-19,22,24H,9-10,12-13,15,29H2,1-3H3,(H,31,37)(H,32,35);2*(H,6,7)/t22-,24?;;/m1../s1. The van der Waals surface area contributed by atoms with E-state index in [0.29, 0.717) is 18.2 Å². The number of carboxylic acid groups (broad SMARTS) is 2. The summed E-state index contributed by atoms with van der Waals surface area (Å²) in [4.78, 5) is 63.6. The van der Waals surface area contributed by atoms with Crippen LogP contribution < -0.4 is 16.4 Å². The zero-order valence-electron chi connectivity index (χ0n) is 28.1. The number of carbonyl (C=O) groups excluding carboxylic acids is 3. The maximum Gasteiger partial charge on any atom is 0.490 e. The average Bonchev–Trinajstić information content (AvgIpc) is 3.73. The van der Waals surface area contributed by atoms with Gasteiger partial charge in [-0.05, 0) is 60.6 Å². The Morgan fingerprint density at radius 1 is 0.962 bits per heavy atom. The number of hydrogen-bond acceptors (Lipinski definition) is 8. The molecule has 13 nitrogen and oxygen atoms in total. The fraction of sp³-hybridized carbons (Fsp3) is 0.438. The number of imidazole rings is 1. The van der Waals surface area contributed by atoms with Gasteiger partial charge in [-0.1, -0.05) is 37.3 Å². The van der Waals surface area contributed by atoms with Crippen LogP contribution in [0.4, 0.5) is 32.2 Å². The SMILES string of the molecule is CC1CCN(C(=O)C(c2ccccc2)n2cnc(NC(=O)[C@@H](Cc3ccsc3)NC(=O)C(C)(C)N)c2)CC1.O=C(O)C(F)(F)F.O=C(O)C(F)(F)F. The van der Waals surface area contributed by atoms with E-state index in [-0.39, 0.29) is 5.91 Å². The Morgan fingerprint density at radius 3 is 1.96 bits per heavy atom. The molecule has 20 heteroatoms. The minimum absolute atomic E-state index is 0.00570. The molecule has 0 radical (unpaired) electrons.